The van der Waals surface area contributed by atoms with E-state index in [-0.39, 0.29) is 12.5 Å². The second kappa shape index (κ2) is 7.70. The maximum absolute atomic E-state index is 12.1. The number of amides is 1. The van der Waals surface area contributed by atoms with E-state index in [1.54, 1.807) is 17.1 Å². The van der Waals surface area contributed by atoms with E-state index in [9.17, 15) is 4.79 Å². The van der Waals surface area contributed by atoms with Crippen LogP contribution in [-0.4, -0.2) is 27.3 Å². The van der Waals surface area contributed by atoms with Crippen LogP contribution in [0.15, 0.2) is 79.3 Å². The van der Waals surface area contributed by atoms with Gasteiger partial charge in [-0.05, 0) is 46.7 Å². The van der Waals surface area contributed by atoms with Gasteiger partial charge in [-0.15, -0.1) is 0 Å². The van der Waals surface area contributed by atoms with Crippen molar-refractivity contribution >= 4 is 16.7 Å². The van der Waals surface area contributed by atoms with Crippen molar-refractivity contribution in [1.29, 1.82) is 0 Å². The Morgan fingerprint density at radius 2 is 1.89 bits per heavy atom. The molecule has 1 amide bonds. The molecule has 0 aliphatic carbocycles. The number of aromatic nitrogens is 3. The van der Waals surface area contributed by atoms with Gasteiger partial charge in [-0.3, -0.25) is 4.79 Å². The topological polar surface area (TPSA) is 69.0 Å². The maximum Gasteiger partial charge on any atom is 0.258 e. The number of hydrogen-bond donors (Lipinski definition) is 1. The fourth-order valence-electron chi connectivity index (χ4n) is 2.76. The van der Waals surface area contributed by atoms with Crippen LogP contribution in [-0.2, 0) is 11.3 Å². The number of nitrogens with zero attached hydrogens (tertiary/aromatic N) is 3. The molecule has 6 nitrogen and oxygen atoms in total. The van der Waals surface area contributed by atoms with Gasteiger partial charge >= 0.3 is 0 Å². The third kappa shape index (κ3) is 4.12. The van der Waals surface area contributed by atoms with E-state index >= 15 is 0 Å². The molecule has 0 spiro atoms. The van der Waals surface area contributed by atoms with Gasteiger partial charge in [-0.2, -0.15) is 5.10 Å². The minimum absolute atomic E-state index is 0.0323. The van der Waals surface area contributed by atoms with Crippen LogP contribution in [0.5, 0.6) is 5.75 Å². The number of carbonyl (C=O) groups excluding carboxylic acids is 1. The highest BCUT2D eigenvalue weighted by molar-refractivity contribution is 5.84. The second-order valence-electron chi connectivity index (χ2n) is 6.05. The van der Waals surface area contributed by atoms with Gasteiger partial charge in [0.05, 0.1) is 0 Å². The summed E-state index contributed by atoms with van der Waals surface area (Å²) in [6.07, 6.45) is 5.21. The van der Waals surface area contributed by atoms with Crippen molar-refractivity contribution < 1.29 is 9.53 Å². The average molecular weight is 358 g/mol. The van der Waals surface area contributed by atoms with Crippen molar-refractivity contribution in [3.63, 3.8) is 0 Å². The molecule has 4 aromatic rings. The Bertz CT molecular complexity index is 1060. The highest BCUT2D eigenvalue weighted by atomic mass is 16.5. The predicted octanol–water partition coefficient (Wildman–Crippen LogP) is 3.12. The summed E-state index contributed by atoms with van der Waals surface area (Å²) in [5.74, 6) is 1.20. The Morgan fingerprint density at radius 3 is 2.74 bits per heavy atom. The first-order valence-corrected chi connectivity index (χ1v) is 8.61. The molecular weight excluding hydrogens is 340 g/mol. The number of carbonyl (C=O) groups is 1. The van der Waals surface area contributed by atoms with Crippen molar-refractivity contribution in [2.75, 3.05) is 6.61 Å². The molecule has 2 aromatic carbocycles. The van der Waals surface area contributed by atoms with E-state index in [0.29, 0.717) is 18.1 Å². The monoisotopic (exact) mass is 358 g/mol. The molecule has 2 heterocycles. The Labute approximate surface area is 156 Å². The number of fused-ring (bicyclic) bond motifs is 1. The number of ether oxygens (including phenoxy) is 1. The van der Waals surface area contributed by atoms with Gasteiger partial charge in [0.25, 0.3) is 5.91 Å². The minimum atomic E-state index is -0.180. The molecule has 0 aliphatic heterocycles. The zero-order valence-corrected chi connectivity index (χ0v) is 14.6. The van der Waals surface area contributed by atoms with E-state index in [4.69, 9.17) is 4.74 Å². The molecule has 0 fully saturated rings. The summed E-state index contributed by atoms with van der Waals surface area (Å²) in [6.45, 7) is 0.367. The lowest BCUT2D eigenvalue weighted by Gasteiger charge is -2.09. The van der Waals surface area contributed by atoms with Crippen LogP contribution in [0.4, 0.5) is 0 Å². The first kappa shape index (κ1) is 16.8. The number of hydrogen-bond acceptors (Lipinski definition) is 4. The van der Waals surface area contributed by atoms with Gasteiger partial charge in [0.1, 0.15) is 5.75 Å². The van der Waals surface area contributed by atoms with E-state index < -0.39 is 0 Å². The van der Waals surface area contributed by atoms with Gasteiger partial charge in [-0.25, -0.2) is 9.67 Å². The first-order valence-electron chi connectivity index (χ1n) is 8.61. The lowest BCUT2D eigenvalue weighted by Crippen LogP contribution is -2.28. The molecule has 2 aromatic heterocycles. The molecular formula is C21H18N4O2. The zero-order chi connectivity index (χ0) is 18.5. The zero-order valence-electron chi connectivity index (χ0n) is 14.6. The Kier molecular flexibility index (Phi) is 4.78. The van der Waals surface area contributed by atoms with Crippen molar-refractivity contribution in [1.82, 2.24) is 20.1 Å². The van der Waals surface area contributed by atoms with Gasteiger partial charge in [0, 0.05) is 25.1 Å². The molecule has 0 radical (unpaired) electrons. The van der Waals surface area contributed by atoms with Crippen LogP contribution in [0, 0.1) is 0 Å². The van der Waals surface area contributed by atoms with Crippen LogP contribution in [0.2, 0.25) is 0 Å². The van der Waals surface area contributed by atoms with Gasteiger partial charge < -0.3 is 10.1 Å². The summed E-state index contributed by atoms with van der Waals surface area (Å²) < 4.78 is 7.28. The highest BCUT2D eigenvalue weighted by Crippen LogP contribution is 2.20. The second-order valence-corrected chi connectivity index (χ2v) is 6.05. The molecule has 0 atom stereocenters. The summed E-state index contributed by atoms with van der Waals surface area (Å²) in [5.41, 5.74) is 0.939. The SMILES string of the molecule is O=C(COc1ccc2ccccc2c1)NCc1ccnc(-n2cccn2)c1. The molecule has 4 rings (SSSR count). The smallest absolute Gasteiger partial charge is 0.258 e. The molecule has 0 unspecified atom stereocenters. The van der Waals surface area contributed by atoms with Crippen molar-refractivity contribution in [2.45, 2.75) is 6.54 Å². The largest absolute Gasteiger partial charge is 0.484 e. The van der Waals surface area contributed by atoms with Gasteiger partial charge in [-0.1, -0.05) is 30.3 Å². The third-order valence-corrected chi connectivity index (χ3v) is 4.13. The average Bonchev–Trinajstić information content (AvgIpc) is 3.26. The van der Waals surface area contributed by atoms with E-state index in [1.807, 2.05) is 66.9 Å². The summed E-state index contributed by atoms with van der Waals surface area (Å²) >= 11 is 0. The van der Waals surface area contributed by atoms with Crippen LogP contribution >= 0.6 is 0 Å². The standard InChI is InChI=1S/C21H18N4O2/c26-21(15-27-19-7-6-17-4-1-2-5-18(17)13-19)23-14-16-8-10-22-20(12-16)25-11-3-9-24-25/h1-13H,14-15H2,(H,23,26). The minimum Gasteiger partial charge on any atom is -0.484 e. The Hall–Kier alpha value is -3.67. The van der Waals surface area contributed by atoms with Crippen LogP contribution in [0.25, 0.3) is 16.6 Å². The number of rotatable bonds is 6. The molecule has 0 aliphatic rings. The lowest BCUT2D eigenvalue weighted by molar-refractivity contribution is -0.123. The van der Waals surface area contributed by atoms with Gasteiger partial charge in [0.2, 0.25) is 0 Å². The normalized spacial score (nSPS) is 10.7. The highest BCUT2D eigenvalue weighted by Gasteiger charge is 2.05. The summed E-state index contributed by atoms with van der Waals surface area (Å²) in [4.78, 5) is 16.4. The van der Waals surface area contributed by atoms with Crippen molar-refractivity contribution in [2.24, 2.45) is 0 Å². The number of nitrogens with one attached hydrogen (secondary N) is 1. The van der Waals surface area contributed by atoms with E-state index in [0.717, 1.165) is 16.3 Å². The summed E-state index contributed by atoms with van der Waals surface area (Å²) in [5, 5.41) is 9.23. The van der Waals surface area contributed by atoms with Crippen LogP contribution < -0.4 is 10.1 Å². The van der Waals surface area contributed by atoms with Crippen LogP contribution in [0.3, 0.4) is 0 Å². The lowest BCUT2D eigenvalue weighted by atomic mass is 10.1. The fraction of sp³-hybridized carbons (Fsp3) is 0.0952. The molecule has 0 saturated heterocycles. The molecule has 134 valence electrons. The van der Waals surface area contributed by atoms with Gasteiger partial charge in [0.15, 0.2) is 12.4 Å². The molecule has 1 N–H and O–H groups in total. The Balaban J connectivity index is 1.32. The number of pyridine rings is 1. The Morgan fingerprint density at radius 1 is 1.00 bits per heavy atom. The van der Waals surface area contributed by atoms with Crippen molar-refractivity contribution in [3.8, 4) is 11.6 Å². The molecule has 0 bridgehead atoms. The molecule has 0 saturated carbocycles. The fourth-order valence-corrected chi connectivity index (χ4v) is 2.76. The summed E-state index contributed by atoms with van der Waals surface area (Å²) in [7, 11) is 0. The summed E-state index contributed by atoms with van der Waals surface area (Å²) in [6, 6.07) is 19.4. The third-order valence-electron chi connectivity index (χ3n) is 4.13. The molecule has 27 heavy (non-hydrogen) atoms. The first-order chi connectivity index (χ1) is 13.3. The van der Waals surface area contributed by atoms with Crippen LogP contribution in [0.1, 0.15) is 5.56 Å². The van der Waals surface area contributed by atoms with Crippen molar-refractivity contribution in [3.05, 3.63) is 84.8 Å². The quantitative estimate of drug-likeness (QED) is 0.575. The number of benzene rings is 2. The predicted molar refractivity (Wildman–Crippen MR) is 103 cm³/mol. The maximum atomic E-state index is 12.1. The molecule has 6 heteroatoms. The van der Waals surface area contributed by atoms with E-state index in [1.165, 1.54) is 0 Å². The van der Waals surface area contributed by atoms with E-state index in [2.05, 4.69) is 15.4 Å².